The first kappa shape index (κ1) is 17.5. The molecule has 1 rings (SSSR count). The Bertz CT molecular complexity index is 291. The number of hydrogen-bond donors (Lipinski definition) is 1. The summed E-state index contributed by atoms with van der Waals surface area (Å²) in [7, 11) is 0. The van der Waals surface area contributed by atoms with E-state index in [-0.39, 0.29) is 5.54 Å². The van der Waals surface area contributed by atoms with Crippen molar-refractivity contribution in [3.63, 3.8) is 0 Å². The van der Waals surface area contributed by atoms with Crippen LogP contribution in [-0.4, -0.2) is 35.5 Å². The summed E-state index contributed by atoms with van der Waals surface area (Å²) in [5.74, 6) is 0.888. The number of carbonyl (C=O) groups is 1. The zero-order chi connectivity index (χ0) is 15.2. The van der Waals surface area contributed by atoms with Gasteiger partial charge in [0.25, 0.3) is 0 Å². The number of hydrogen-bond acceptors (Lipinski definition) is 2. The van der Waals surface area contributed by atoms with Gasteiger partial charge in [-0.05, 0) is 44.6 Å². The van der Waals surface area contributed by atoms with Crippen LogP contribution in [-0.2, 0) is 4.79 Å². The Labute approximate surface area is 125 Å². The van der Waals surface area contributed by atoms with Gasteiger partial charge in [-0.3, -0.25) is 4.79 Å². The molecule has 1 atom stereocenters. The van der Waals surface area contributed by atoms with Gasteiger partial charge in [0.05, 0.1) is 5.54 Å². The van der Waals surface area contributed by atoms with E-state index in [1.54, 1.807) is 0 Å². The highest BCUT2D eigenvalue weighted by atomic mass is 16.2. The minimum absolute atomic E-state index is 0.272. The Hall–Kier alpha value is -0.570. The summed E-state index contributed by atoms with van der Waals surface area (Å²) >= 11 is 0. The summed E-state index contributed by atoms with van der Waals surface area (Å²) in [5.41, 5.74) is -0.272. The highest BCUT2D eigenvalue weighted by Gasteiger charge is 2.43. The topological polar surface area (TPSA) is 32.3 Å². The zero-order valence-corrected chi connectivity index (χ0v) is 14.2. The van der Waals surface area contributed by atoms with E-state index >= 15 is 0 Å². The second-order valence-corrected chi connectivity index (χ2v) is 6.68. The average molecular weight is 282 g/mol. The van der Waals surface area contributed by atoms with E-state index in [1.807, 2.05) is 0 Å². The van der Waals surface area contributed by atoms with Crippen LogP contribution in [0.2, 0.25) is 0 Å². The monoisotopic (exact) mass is 282 g/mol. The summed E-state index contributed by atoms with van der Waals surface area (Å²) in [6.45, 7) is 12.9. The molecule has 3 heteroatoms. The summed E-state index contributed by atoms with van der Waals surface area (Å²) in [5, 5.41) is 3.54. The van der Waals surface area contributed by atoms with Gasteiger partial charge in [0, 0.05) is 12.6 Å². The fraction of sp³-hybridized carbons (Fsp3) is 0.941. The first-order chi connectivity index (χ1) is 9.50. The van der Waals surface area contributed by atoms with Crippen LogP contribution in [0.3, 0.4) is 0 Å². The molecule has 1 amide bonds. The van der Waals surface area contributed by atoms with Crippen LogP contribution in [0.4, 0.5) is 0 Å². The Morgan fingerprint density at radius 3 is 2.30 bits per heavy atom. The van der Waals surface area contributed by atoms with Crippen LogP contribution in [0.5, 0.6) is 0 Å². The molecular weight excluding hydrogens is 248 g/mol. The quantitative estimate of drug-likeness (QED) is 0.738. The lowest BCUT2D eigenvalue weighted by molar-refractivity contribution is -0.141. The molecule has 1 fully saturated rings. The van der Waals surface area contributed by atoms with Crippen LogP contribution in [0, 0.1) is 5.92 Å². The summed E-state index contributed by atoms with van der Waals surface area (Å²) in [4.78, 5) is 15.4. The highest BCUT2D eigenvalue weighted by molar-refractivity contribution is 5.87. The molecular formula is C17H34N2O. The molecule has 0 aliphatic carbocycles. The van der Waals surface area contributed by atoms with Gasteiger partial charge in [-0.1, -0.05) is 41.0 Å². The number of amides is 1. The third-order valence-corrected chi connectivity index (χ3v) is 4.54. The Kier molecular flexibility index (Phi) is 7.01. The third-order valence-electron chi connectivity index (χ3n) is 4.54. The molecule has 0 aromatic heterocycles. The van der Waals surface area contributed by atoms with E-state index < -0.39 is 0 Å². The molecule has 0 spiro atoms. The predicted molar refractivity (Wildman–Crippen MR) is 85.8 cm³/mol. The van der Waals surface area contributed by atoms with Crippen molar-refractivity contribution in [1.29, 1.82) is 0 Å². The molecule has 0 aromatic carbocycles. The molecule has 1 N–H and O–H groups in total. The van der Waals surface area contributed by atoms with Crippen molar-refractivity contribution in [2.75, 3.05) is 13.1 Å². The lowest BCUT2D eigenvalue weighted by atomic mass is 9.89. The van der Waals surface area contributed by atoms with E-state index in [1.165, 1.54) is 0 Å². The number of rotatable bonds is 8. The van der Waals surface area contributed by atoms with Gasteiger partial charge >= 0.3 is 0 Å². The molecule has 1 unspecified atom stereocenters. The zero-order valence-electron chi connectivity index (χ0n) is 14.2. The van der Waals surface area contributed by atoms with E-state index in [0.717, 1.165) is 51.6 Å². The van der Waals surface area contributed by atoms with Crippen molar-refractivity contribution < 1.29 is 4.79 Å². The maximum absolute atomic E-state index is 13.2. The van der Waals surface area contributed by atoms with Crippen LogP contribution in [0.15, 0.2) is 0 Å². The summed E-state index contributed by atoms with van der Waals surface area (Å²) in [6, 6.07) is 0.390. The normalized spacial score (nSPS) is 22.8. The van der Waals surface area contributed by atoms with Gasteiger partial charge in [-0.15, -0.1) is 0 Å². The van der Waals surface area contributed by atoms with Gasteiger partial charge in [-0.2, -0.15) is 0 Å². The summed E-state index contributed by atoms with van der Waals surface area (Å²) in [6.07, 6.45) is 6.28. The fourth-order valence-corrected chi connectivity index (χ4v) is 3.53. The predicted octanol–water partition coefficient (Wildman–Crippen LogP) is 3.58. The molecule has 0 radical (unpaired) electrons. The molecule has 1 aliphatic rings. The molecule has 0 bridgehead atoms. The minimum atomic E-state index is -0.272. The number of carbonyl (C=O) groups excluding carboxylic acids is 1. The standard InChI is InChI=1S/C17H34N2O/c1-6-10-17(11-9-12-18-17)16(20)19(13-14(4)5)15(7-2)8-3/h14-15,18H,6-13H2,1-5H3. The molecule has 0 aromatic rings. The number of nitrogens with zero attached hydrogens (tertiary/aromatic N) is 1. The van der Waals surface area contributed by atoms with E-state index in [9.17, 15) is 4.79 Å². The van der Waals surface area contributed by atoms with Gasteiger partial charge in [0.1, 0.15) is 0 Å². The largest absolute Gasteiger partial charge is 0.338 e. The molecule has 0 saturated carbocycles. The van der Waals surface area contributed by atoms with Gasteiger partial charge in [0.15, 0.2) is 0 Å². The number of nitrogens with one attached hydrogen (secondary N) is 1. The third kappa shape index (κ3) is 3.97. The first-order valence-corrected chi connectivity index (χ1v) is 8.56. The fourth-order valence-electron chi connectivity index (χ4n) is 3.53. The Morgan fingerprint density at radius 1 is 1.25 bits per heavy atom. The lowest BCUT2D eigenvalue weighted by Crippen LogP contribution is -2.58. The van der Waals surface area contributed by atoms with Crippen molar-refractivity contribution in [3.05, 3.63) is 0 Å². The first-order valence-electron chi connectivity index (χ1n) is 8.56. The maximum Gasteiger partial charge on any atom is 0.243 e. The van der Waals surface area contributed by atoms with E-state index in [4.69, 9.17) is 0 Å². The van der Waals surface area contributed by atoms with Gasteiger partial charge < -0.3 is 10.2 Å². The molecule has 1 heterocycles. The van der Waals surface area contributed by atoms with Crippen molar-refractivity contribution >= 4 is 5.91 Å². The van der Waals surface area contributed by atoms with Crippen LogP contribution in [0.1, 0.15) is 73.1 Å². The van der Waals surface area contributed by atoms with Crippen molar-refractivity contribution in [2.24, 2.45) is 5.92 Å². The van der Waals surface area contributed by atoms with Crippen LogP contribution in [0.25, 0.3) is 0 Å². The highest BCUT2D eigenvalue weighted by Crippen LogP contribution is 2.29. The van der Waals surface area contributed by atoms with Gasteiger partial charge in [0.2, 0.25) is 5.91 Å². The molecule has 20 heavy (non-hydrogen) atoms. The van der Waals surface area contributed by atoms with Crippen LogP contribution < -0.4 is 5.32 Å². The SMILES string of the molecule is CCCC1(C(=O)N(CC(C)C)C(CC)CC)CCCN1. The maximum atomic E-state index is 13.2. The molecule has 118 valence electrons. The summed E-state index contributed by atoms with van der Waals surface area (Å²) < 4.78 is 0. The lowest BCUT2D eigenvalue weighted by Gasteiger charge is -2.39. The van der Waals surface area contributed by atoms with Crippen molar-refractivity contribution in [2.45, 2.75) is 84.7 Å². The van der Waals surface area contributed by atoms with E-state index in [2.05, 4.69) is 44.8 Å². The molecule has 1 aliphatic heterocycles. The van der Waals surface area contributed by atoms with Gasteiger partial charge in [-0.25, -0.2) is 0 Å². The van der Waals surface area contributed by atoms with Crippen molar-refractivity contribution in [3.8, 4) is 0 Å². The average Bonchev–Trinajstić information content (AvgIpc) is 2.88. The smallest absolute Gasteiger partial charge is 0.243 e. The Morgan fingerprint density at radius 2 is 1.90 bits per heavy atom. The Balaban J connectivity index is 2.95. The molecule has 1 saturated heterocycles. The van der Waals surface area contributed by atoms with E-state index in [0.29, 0.717) is 17.9 Å². The van der Waals surface area contributed by atoms with Crippen molar-refractivity contribution in [1.82, 2.24) is 10.2 Å². The second-order valence-electron chi connectivity index (χ2n) is 6.68. The second kappa shape index (κ2) is 8.02. The van der Waals surface area contributed by atoms with Crippen LogP contribution >= 0.6 is 0 Å². The minimum Gasteiger partial charge on any atom is -0.338 e. The molecule has 3 nitrogen and oxygen atoms in total.